The van der Waals surface area contributed by atoms with Crippen LogP contribution >= 0.6 is 11.8 Å². The lowest BCUT2D eigenvalue weighted by molar-refractivity contribution is -0.136. The van der Waals surface area contributed by atoms with Crippen LogP contribution in [0.1, 0.15) is 26.7 Å². The van der Waals surface area contributed by atoms with Gasteiger partial charge >= 0.3 is 5.97 Å². The van der Waals surface area contributed by atoms with E-state index in [1.165, 1.54) is 4.90 Å². The number of thioether (sulfide) groups is 1. The van der Waals surface area contributed by atoms with E-state index in [1.54, 1.807) is 24.3 Å². The minimum absolute atomic E-state index is 0.0908. The first kappa shape index (κ1) is 17.1. The van der Waals surface area contributed by atoms with Gasteiger partial charge in [-0.3, -0.25) is 9.59 Å². The molecule has 0 aromatic heterocycles. The number of amides is 1. The van der Waals surface area contributed by atoms with Gasteiger partial charge in [0.25, 0.3) is 0 Å². The molecule has 1 aromatic carbocycles. The van der Waals surface area contributed by atoms with Crippen molar-refractivity contribution in [2.24, 2.45) is 5.92 Å². The molecule has 0 bridgehead atoms. The molecule has 0 aliphatic rings. The number of nitrogens with zero attached hydrogens (tertiary/aromatic N) is 2. The van der Waals surface area contributed by atoms with Crippen LogP contribution < -0.4 is 4.90 Å². The van der Waals surface area contributed by atoms with Crippen LogP contribution in [0.2, 0.25) is 0 Å². The summed E-state index contributed by atoms with van der Waals surface area (Å²) in [6.45, 7) is 4.03. The van der Waals surface area contributed by atoms with Crippen LogP contribution in [0.25, 0.3) is 0 Å². The van der Waals surface area contributed by atoms with Crippen molar-refractivity contribution in [1.29, 1.82) is 5.26 Å². The summed E-state index contributed by atoms with van der Waals surface area (Å²) in [7, 11) is 0. The molecule has 1 aromatic rings. The largest absolute Gasteiger partial charge is 0.481 e. The van der Waals surface area contributed by atoms with Gasteiger partial charge < -0.3 is 10.0 Å². The number of aliphatic carboxylic acids is 1. The maximum Gasteiger partial charge on any atom is 0.305 e. The van der Waals surface area contributed by atoms with E-state index in [9.17, 15) is 9.59 Å². The fraction of sp³-hybridized carbons (Fsp3) is 0.400. The Bertz CT molecular complexity index is 535. The summed E-state index contributed by atoms with van der Waals surface area (Å²) in [4.78, 5) is 25.3. The van der Waals surface area contributed by atoms with Crippen LogP contribution in [0.15, 0.2) is 29.2 Å². The second-order valence-corrected chi connectivity index (χ2v) is 5.83. The molecular weight excluding hydrogens is 288 g/mol. The number of carbonyl (C=O) groups excluding carboxylic acids is 1. The third-order valence-electron chi connectivity index (χ3n) is 2.75. The predicted molar refractivity (Wildman–Crippen MR) is 82.0 cm³/mol. The van der Waals surface area contributed by atoms with Crippen molar-refractivity contribution in [2.75, 3.05) is 11.4 Å². The van der Waals surface area contributed by atoms with Crippen LogP contribution in [-0.2, 0) is 9.59 Å². The van der Waals surface area contributed by atoms with Crippen molar-refractivity contribution in [3.8, 4) is 5.40 Å². The molecule has 0 atom stereocenters. The topological polar surface area (TPSA) is 81.4 Å². The summed E-state index contributed by atoms with van der Waals surface area (Å²) in [5, 5.41) is 19.4. The average Bonchev–Trinajstić information content (AvgIpc) is 2.40. The highest BCUT2D eigenvalue weighted by molar-refractivity contribution is 8.03. The van der Waals surface area contributed by atoms with Gasteiger partial charge in [-0.1, -0.05) is 13.8 Å². The molecule has 0 aliphatic carbocycles. The van der Waals surface area contributed by atoms with Crippen LogP contribution in [-0.4, -0.2) is 23.5 Å². The number of benzene rings is 1. The van der Waals surface area contributed by atoms with E-state index in [-0.39, 0.29) is 24.8 Å². The van der Waals surface area contributed by atoms with Gasteiger partial charge in [-0.2, -0.15) is 5.26 Å². The minimum Gasteiger partial charge on any atom is -0.481 e. The van der Waals surface area contributed by atoms with Crippen LogP contribution in [0.3, 0.4) is 0 Å². The van der Waals surface area contributed by atoms with Crippen molar-refractivity contribution in [3.05, 3.63) is 24.3 Å². The van der Waals surface area contributed by atoms with Gasteiger partial charge in [0.05, 0.1) is 6.42 Å². The standard InChI is InChI=1S/C15H18N2O3S/c1-11(2)9-14(18)17(8-7-15(19)20)12-3-5-13(6-4-12)21-10-16/h3-6,11H,7-9H2,1-2H3,(H,19,20). The Kier molecular flexibility index (Phi) is 6.76. The van der Waals surface area contributed by atoms with Crippen molar-refractivity contribution in [2.45, 2.75) is 31.6 Å². The highest BCUT2D eigenvalue weighted by atomic mass is 32.2. The lowest BCUT2D eigenvalue weighted by Crippen LogP contribution is -2.33. The molecule has 5 nitrogen and oxygen atoms in total. The maximum absolute atomic E-state index is 12.3. The van der Waals surface area contributed by atoms with Gasteiger partial charge in [-0.15, -0.1) is 0 Å². The third-order valence-corrected chi connectivity index (χ3v) is 3.34. The van der Waals surface area contributed by atoms with Gasteiger partial charge in [0.15, 0.2) is 0 Å². The Morgan fingerprint density at radius 2 is 1.95 bits per heavy atom. The second-order valence-electron chi connectivity index (χ2n) is 4.97. The fourth-order valence-corrected chi connectivity index (χ4v) is 2.19. The number of carbonyl (C=O) groups is 2. The Hall–Kier alpha value is -2.00. The first-order chi connectivity index (χ1) is 9.93. The van der Waals surface area contributed by atoms with E-state index >= 15 is 0 Å². The van der Waals surface area contributed by atoms with E-state index in [2.05, 4.69) is 0 Å². The first-order valence-corrected chi connectivity index (χ1v) is 7.44. The smallest absolute Gasteiger partial charge is 0.305 e. The number of hydrogen-bond acceptors (Lipinski definition) is 4. The van der Waals surface area contributed by atoms with Crippen molar-refractivity contribution < 1.29 is 14.7 Å². The molecule has 1 amide bonds. The Labute approximate surface area is 128 Å². The second kappa shape index (κ2) is 8.32. The van der Waals surface area contributed by atoms with Gasteiger partial charge in [-0.25, -0.2) is 0 Å². The Morgan fingerprint density at radius 3 is 2.43 bits per heavy atom. The normalized spacial score (nSPS) is 10.2. The highest BCUT2D eigenvalue weighted by Gasteiger charge is 2.18. The Morgan fingerprint density at radius 1 is 1.33 bits per heavy atom. The lowest BCUT2D eigenvalue weighted by atomic mass is 10.1. The average molecular weight is 306 g/mol. The molecule has 112 valence electrons. The first-order valence-electron chi connectivity index (χ1n) is 6.62. The SMILES string of the molecule is CC(C)CC(=O)N(CCC(=O)O)c1ccc(SC#N)cc1. The summed E-state index contributed by atoms with van der Waals surface area (Å²) in [5.41, 5.74) is 0.657. The number of hydrogen-bond donors (Lipinski definition) is 1. The summed E-state index contributed by atoms with van der Waals surface area (Å²) < 4.78 is 0. The zero-order chi connectivity index (χ0) is 15.8. The highest BCUT2D eigenvalue weighted by Crippen LogP contribution is 2.23. The van der Waals surface area contributed by atoms with Crippen molar-refractivity contribution in [1.82, 2.24) is 0 Å². The number of carboxylic acid groups (broad SMARTS) is 1. The van der Waals surface area contributed by atoms with Gasteiger partial charge in [0.1, 0.15) is 5.40 Å². The number of thiocyanates is 1. The molecular formula is C15H18N2O3S. The molecule has 0 saturated carbocycles. The molecule has 0 radical (unpaired) electrons. The van der Waals surface area contributed by atoms with E-state index < -0.39 is 5.97 Å². The number of anilines is 1. The monoisotopic (exact) mass is 306 g/mol. The molecule has 0 saturated heterocycles. The maximum atomic E-state index is 12.3. The summed E-state index contributed by atoms with van der Waals surface area (Å²) in [5.74, 6) is -0.820. The molecule has 0 spiro atoms. The number of carboxylic acids is 1. The van der Waals surface area contributed by atoms with Crippen LogP contribution in [0.4, 0.5) is 5.69 Å². The van der Waals surface area contributed by atoms with Crippen LogP contribution in [0, 0.1) is 16.6 Å². The zero-order valence-corrected chi connectivity index (χ0v) is 12.9. The van der Waals surface area contributed by atoms with E-state index in [1.807, 2.05) is 19.2 Å². The molecule has 0 aliphatic heterocycles. The quantitative estimate of drug-likeness (QED) is 0.618. The van der Waals surface area contributed by atoms with Crippen LogP contribution in [0.5, 0.6) is 0 Å². The molecule has 1 rings (SSSR count). The molecule has 21 heavy (non-hydrogen) atoms. The molecule has 0 fully saturated rings. The zero-order valence-electron chi connectivity index (χ0n) is 12.1. The summed E-state index contributed by atoms with van der Waals surface area (Å²) in [6, 6.07) is 6.97. The number of rotatable bonds is 7. The summed E-state index contributed by atoms with van der Waals surface area (Å²) in [6.07, 6.45) is 0.271. The molecule has 0 unspecified atom stereocenters. The van der Waals surface area contributed by atoms with E-state index in [0.29, 0.717) is 12.1 Å². The van der Waals surface area contributed by atoms with Gasteiger partial charge in [-0.05, 0) is 41.9 Å². The van der Waals surface area contributed by atoms with E-state index in [0.717, 1.165) is 16.7 Å². The molecule has 6 heteroatoms. The van der Waals surface area contributed by atoms with Crippen molar-refractivity contribution >= 4 is 29.3 Å². The summed E-state index contributed by atoms with van der Waals surface area (Å²) >= 11 is 1.04. The van der Waals surface area contributed by atoms with Crippen molar-refractivity contribution in [3.63, 3.8) is 0 Å². The van der Waals surface area contributed by atoms with E-state index in [4.69, 9.17) is 10.4 Å². The fourth-order valence-electron chi connectivity index (χ4n) is 1.81. The molecule has 1 N–H and O–H groups in total. The van der Waals surface area contributed by atoms with Gasteiger partial charge in [0.2, 0.25) is 5.91 Å². The minimum atomic E-state index is -0.936. The number of nitriles is 1. The Balaban J connectivity index is 2.91. The third kappa shape index (κ3) is 5.88. The van der Waals surface area contributed by atoms with Gasteiger partial charge in [0, 0.05) is 23.5 Å². The molecule has 0 heterocycles. The lowest BCUT2D eigenvalue weighted by Gasteiger charge is -2.23. The predicted octanol–water partition coefficient (Wildman–Crippen LogP) is 3.11.